The Morgan fingerprint density at radius 2 is 2.24 bits per heavy atom. The molecule has 1 aromatic carbocycles. The van der Waals surface area contributed by atoms with Gasteiger partial charge in [-0.05, 0) is 41.9 Å². The first-order chi connectivity index (χ1) is 10.0. The molecule has 1 amide bonds. The molecular formula is C15H14ClN3O2. The lowest BCUT2D eigenvalue weighted by Gasteiger charge is -2.17. The summed E-state index contributed by atoms with van der Waals surface area (Å²) in [5.74, 6) is -0.0781. The van der Waals surface area contributed by atoms with Gasteiger partial charge in [-0.3, -0.25) is 4.79 Å². The second-order valence-corrected chi connectivity index (χ2v) is 5.24. The molecule has 3 aromatic rings. The smallest absolute Gasteiger partial charge is 0.293 e. The summed E-state index contributed by atoms with van der Waals surface area (Å²) >= 11 is 5.71. The standard InChI is InChI=1S/C15H14ClN3O2/c1-18-7-3-4-11(18)9-19(2)14(20)10-5-6-12-13(8-10)21-15(16)17-12/h3-8H,9H2,1-2H3. The van der Waals surface area contributed by atoms with Crippen LogP contribution in [-0.2, 0) is 13.6 Å². The molecule has 0 atom stereocenters. The molecule has 0 spiro atoms. The van der Waals surface area contributed by atoms with Gasteiger partial charge in [-0.2, -0.15) is 4.98 Å². The fourth-order valence-electron chi connectivity index (χ4n) is 2.23. The van der Waals surface area contributed by atoms with Crippen molar-refractivity contribution in [3.8, 4) is 0 Å². The second kappa shape index (κ2) is 5.26. The Morgan fingerprint density at radius 1 is 1.43 bits per heavy atom. The largest absolute Gasteiger partial charge is 0.428 e. The van der Waals surface area contributed by atoms with E-state index in [1.54, 1.807) is 30.1 Å². The molecule has 0 fully saturated rings. The van der Waals surface area contributed by atoms with E-state index in [-0.39, 0.29) is 11.3 Å². The number of nitrogens with zero attached hydrogens (tertiary/aromatic N) is 3. The molecule has 0 aliphatic heterocycles. The zero-order chi connectivity index (χ0) is 15.0. The number of hydrogen-bond donors (Lipinski definition) is 0. The van der Waals surface area contributed by atoms with Gasteiger partial charge in [0.05, 0.1) is 6.54 Å². The van der Waals surface area contributed by atoms with E-state index in [0.29, 0.717) is 23.2 Å². The van der Waals surface area contributed by atoms with Crippen LogP contribution in [0.15, 0.2) is 40.9 Å². The van der Waals surface area contributed by atoms with E-state index in [1.165, 1.54) is 0 Å². The summed E-state index contributed by atoms with van der Waals surface area (Å²) in [6, 6.07) is 9.07. The van der Waals surface area contributed by atoms with Gasteiger partial charge in [-0.25, -0.2) is 0 Å². The molecule has 2 aromatic heterocycles. The van der Waals surface area contributed by atoms with Gasteiger partial charge < -0.3 is 13.9 Å². The maximum atomic E-state index is 12.5. The van der Waals surface area contributed by atoms with Crippen molar-refractivity contribution < 1.29 is 9.21 Å². The van der Waals surface area contributed by atoms with Crippen LogP contribution in [0.25, 0.3) is 11.1 Å². The van der Waals surface area contributed by atoms with Crippen LogP contribution >= 0.6 is 11.6 Å². The Morgan fingerprint density at radius 3 is 2.95 bits per heavy atom. The SMILES string of the molecule is CN(Cc1cccn1C)C(=O)c1ccc2nc(Cl)oc2c1. The van der Waals surface area contributed by atoms with Crippen molar-refractivity contribution in [3.63, 3.8) is 0 Å². The summed E-state index contributed by atoms with van der Waals surface area (Å²) in [6.07, 6.45) is 1.95. The van der Waals surface area contributed by atoms with E-state index in [9.17, 15) is 4.79 Å². The first-order valence-electron chi connectivity index (χ1n) is 6.46. The molecule has 0 N–H and O–H groups in total. The molecule has 21 heavy (non-hydrogen) atoms. The predicted octanol–water partition coefficient (Wildman–Crippen LogP) is 3.09. The number of carbonyl (C=O) groups excluding carboxylic acids is 1. The van der Waals surface area contributed by atoms with Crippen LogP contribution in [-0.4, -0.2) is 27.4 Å². The van der Waals surface area contributed by atoms with E-state index < -0.39 is 0 Å². The van der Waals surface area contributed by atoms with E-state index in [1.807, 2.05) is 29.9 Å². The Hall–Kier alpha value is -2.27. The molecule has 0 aliphatic rings. The van der Waals surface area contributed by atoms with Crippen LogP contribution in [0, 0.1) is 0 Å². The van der Waals surface area contributed by atoms with Crippen molar-refractivity contribution in [1.82, 2.24) is 14.5 Å². The monoisotopic (exact) mass is 303 g/mol. The van der Waals surface area contributed by atoms with Crippen LogP contribution in [0.2, 0.25) is 5.35 Å². The van der Waals surface area contributed by atoms with E-state index in [4.69, 9.17) is 16.0 Å². The summed E-state index contributed by atoms with van der Waals surface area (Å²) in [6.45, 7) is 0.539. The lowest BCUT2D eigenvalue weighted by molar-refractivity contribution is 0.0782. The van der Waals surface area contributed by atoms with Gasteiger partial charge in [0.25, 0.3) is 11.3 Å². The van der Waals surface area contributed by atoms with E-state index >= 15 is 0 Å². The summed E-state index contributed by atoms with van der Waals surface area (Å²) in [7, 11) is 3.73. The number of aromatic nitrogens is 2. The zero-order valence-electron chi connectivity index (χ0n) is 11.7. The molecular weight excluding hydrogens is 290 g/mol. The summed E-state index contributed by atoms with van der Waals surface area (Å²) in [4.78, 5) is 18.1. The van der Waals surface area contributed by atoms with Crippen molar-refractivity contribution in [3.05, 3.63) is 53.1 Å². The quantitative estimate of drug-likeness (QED) is 0.747. The molecule has 0 aliphatic carbocycles. The lowest BCUT2D eigenvalue weighted by Crippen LogP contribution is -2.27. The third-order valence-electron chi connectivity index (χ3n) is 3.41. The highest BCUT2D eigenvalue weighted by Crippen LogP contribution is 2.21. The third-order valence-corrected chi connectivity index (χ3v) is 3.57. The highest BCUT2D eigenvalue weighted by molar-refractivity contribution is 6.28. The Bertz CT molecular complexity index is 806. The molecule has 0 saturated carbocycles. The van der Waals surface area contributed by atoms with Gasteiger partial charge in [0, 0.05) is 31.5 Å². The lowest BCUT2D eigenvalue weighted by atomic mass is 10.2. The van der Waals surface area contributed by atoms with Crippen LogP contribution < -0.4 is 0 Å². The van der Waals surface area contributed by atoms with Gasteiger partial charge >= 0.3 is 0 Å². The highest BCUT2D eigenvalue weighted by Gasteiger charge is 2.15. The van der Waals surface area contributed by atoms with E-state index in [0.717, 1.165) is 5.69 Å². The minimum Gasteiger partial charge on any atom is -0.428 e. The third kappa shape index (κ3) is 2.64. The number of hydrogen-bond acceptors (Lipinski definition) is 3. The number of amides is 1. The number of benzene rings is 1. The molecule has 3 rings (SSSR count). The molecule has 5 nitrogen and oxygen atoms in total. The number of aryl methyl sites for hydroxylation is 1. The average molecular weight is 304 g/mol. The Kier molecular flexibility index (Phi) is 3.43. The number of rotatable bonds is 3. The maximum Gasteiger partial charge on any atom is 0.293 e. The average Bonchev–Trinajstić information content (AvgIpc) is 3.02. The van der Waals surface area contributed by atoms with Crippen molar-refractivity contribution in [2.45, 2.75) is 6.54 Å². The normalized spacial score (nSPS) is 11.0. The Labute approximate surface area is 126 Å². The second-order valence-electron chi connectivity index (χ2n) is 4.92. The minimum atomic E-state index is -0.0781. The zero-order valence-corrected chi connectivity index (χ0v) is 12.5. The first kappa shape index (κ1) is 13.7. The number of carbonyl (C=O) groups is 1. The van der Waals surface area contributed by atoms with Crippen molar-refractivity contribution in [1.29, 1.82) is 0 Å². The molecule has 0 saturated heterocycles. The number of fused-ring (bicyclic) bond motifs is 1. The minimum absolute atomic E-state index is 0.0757. The number of halogens is 1. The number of oxazole rings is 1. The summed E-state index contributed by atoms with van der Waals surface area (Å²) in [5.41, 5.74) is 2.77. The Balaban J connectivity index is 1.83. The fourth-order valence-corrected chi connectivity index (χ4v) is 2.40. The topological polar surface area (TPSA) is 51.3 Å². The highest BCUT2D eigenvalue weighted by atomic mass is 35.5. The fraction of sp³-hybridized carbons (Fsp3) is 0.200. The van der Waals surface area contributed by atoms with Crippen molar-refractivity contribution >= 4 is 28.6 Å². The van der Waals surface area contributed by atoms with Gasteiger partial charge in [-0.15, -0.1) is 0 Å². The molecule has 6 heteroatoms. The summed E-state index contributed by atoms with van der Waals surface area (Å²) in [5, 5.41) is 0.0757. The molecule has 0 unspecified atom stereocenters. The molecule has 108 valence electrons. The van der Waals surface area contributed by atoms with Crippen LogP contribution in [0.3, 0.4) is 0 Å². The predicted molar refractivity (Wildman–Crippen MR) is 80.2 cm³/mol. The van der Waals surface area contributed by atoms with Crippen molar-refractivity contribution in [2.24, 2.45) is 7.05 Å². The van der Waals surface area contributed by atoms with Crippen LogP contribution in [0.4, 0.5) is 0 Å². The molecule has 2 heterocycles. The molecule has 0 bridgehead atoms. The van der Waals surface area contributed by atoms with Gasteiger partial charge in [0.1, 0.15) is 5.52 Å². The van der Waals surface area contributed by atoms with Crippen LogP contribution in [0.1, 0.15) is 16.1 Å². The van der Waals surface area contributed by atoms with Gasteiger partial charge in [-0.1, -0.05) is 0 Å². The van der Waals surface area contributed by atoms with Crippen LogP contribution in [0.5, 0.6) is 0 Å². The first-order valence-corrected chi connectivity index (χ1v) is 6.84. The van der Waals surface area contributed by atoms with Crippen molar-refractivity contribution in [2.75, 3.05) is 7.05 Å². The van der Waals surface area contributed by atoms with Gasteiger partial charge in [0.2, 0.25) is 0 Å². The molecule has 0 radical (unpaired) electrons. The van der Waals surface area contributed by atoms with Gasteiger partial charge in [0.15, 0.2) is 5.58 Å². The van der Waals surface area contributed by atoms with E-state index in [2.05, 4.69) is 4.98 Å². The summed E-state index contributed by atoms with van der Waals surface area (Å²) < 4.78 is 7.23. The maximum absolute atomic E-state index is 12.5.